The summed E-state index contributed by atoms with van der Waals surface area (Å²) in [7, 11) is 0. The van der Waals surface area contributed by atoms with Crippen LogP contribution < -0.4 is 0 Å². The predicted octanol–water partition coefficient (Wildman–Crippen LogP) is 6.84. The molecule has 0 saturated carbocycles. The summed E-state index contributed by atoms with van der Waals surface area (Å²) < 4.78 is 29.6. The molecule has 37 heavy (non-hydrogen) atoms. The second-order valence-electron chi connectivity index (χ2n) is 9.13. The summed E-state index contributed by atoms with van der Waals surface area (Å²) in [4.78, 5) is 14.0. The van der Waals surface area contributed by atoms with Gasteiger partial charge in [-0.1, -0.05) is 41.4 Å². The lowest BCUT2D eigenvalue weighted by Crippen LogP contribution is -2.27. The number of pyridine rings is 1. The zero-order chi connectivity index (χ0) is 26.5. The van der Waals surface area contributed by atoms with Gasteiger partial charge in [0.2, 0.25) is 0 Å². The topological polar surface area (TPSA) is 89.6 Å². The molecule has 0 spiro atoms. The van der Waals surface area contributed by atoms with Crippen molar-refractivity contribution in [3.05, 3.63) is 93.7 Å². The maximum absolute atomic E-state index is 11.7. The molecular formula is C27H24Cl2N4O3S. The van der Waals surface area contributed by atoms with Gasteiger partial charge < -0.3 is 13.9 Å². The van der Waals surface area contributed by atoms with Gasteiger partial charge in [-0.25, -0.2) is 19.2 Å². The molecule has 3 unspecified atom stereocenters. The van der Waals surface area contributed by atoms with Crippen molar-refractivity contribution < 1.29 is 13.5 Å². The van der Waals surface area contributed by atoms with Gasteiger partial charge in [0.05, 0.1) is 10.6 Å². The van der Waals surface area contributed by atoms with Gasteiger partial charge in [-0.3, -0.25) is 0 Å². The molecule has 2 aromatic heterocycles. The third-order valence-corrected chi connectivity index (χ3v) is 7.49. The molecule has 7 nitrogen and oxygen atoms in total. The Balaban J connectivity index is 1.76. The lowest BCUT2D eigenvalue weighted by atomic mass is 9.81. The summed E-state index contributed by atoms with van der Waals surface area (Å²) in [5, 5.41) is 0.761. The van der Waals surface area contributed by atoms with Crippen molar-refractivity contribution in [2.24, 2.45) is 4.99 Å². The van der Waals surface area contributed by atoms with Crippen LogP contribution in [0.3, 0.4) is 0 Å². The largest absolute Gasteiger partial charge is 0.470 e. The summed E-state index contributed by atoms with van der Waals surface area (Å²) in [5.41, 5.74) is 4.15. The quantitative estimate of drug-likeness (QED) is 0.215. The first-order chi connectivity index (χ1) is 17.5. The monoisotopic (exact) mass is 554 g/mol. The first kappa shape index (κ1) is 25.6. The van der Waals surface area contributed by atoms with Crippen LogP contribution >= 0.6 is 23.2 Å². The van der Waals surface area contributed by atoms with E-state index in [1.807, 2.05) is 62.6 Å². The molecule has 3 heterocycles. The first-order valence-electron chi connectivity index (χ1n) is 11.5. The Kier molecular flexibility index (Phi) is 6.70. The minimum absolute atomic E-state index is 0.324. The molecule has 0 saturated heterocycles. The van der Waals surface area contributed by atoms with E-state index in [0.29, 0.717) is 21.1 Å². The fourth-order valence-electron chi connectivity index (χ4n) is 4.89. The summed E-state index contributed by atoms with van der Waals surface area (Å²) in [6.45, 7) is 7.62. The fraction of sp³-hybridized carbons (Fsp3) is 0.222. The molecule has 1 N–H and O–H groups in total. The molecule has 190 valence electrons. The molecule has 1 aliphatic rings. The number of hydrogen-bond acceptors (Lipinski definition) is 5. The van der Waals surface area contributed by atoms with E-state index in [4.69, 9.17) is 32.9 Å². The van der Waals surface area contributed by atoms with E-state index in [1.165, 1.54) is 0 Å². The number of benzene rings is 2. The van der Waals surface area contributed by atoms with Gasteiger partial charge in [-0.05, 0) is 68.3 Å². The second kappa shape index (κ2) is 9.68. The van der Waals surface area contributed by atoms with Crippen LogP contribution in [-0.4, -0.2) is 29.2 Å². The Morgan fingerprint density at radius 1 is 1.00 bits per heavy atom. The van der Waals surface area contributed by atoms with Crippen LogP contribution in [0.5, 0.6) is 0 Å². The van der Waals surface area contributed by atoms with E-state index in [9.17, 15) is 8.76 Å². The van der Waals surface area contributed by atoms with E-state index in [2.05, 4.69) is 9.97 Å². The molecule has 2 aromatic carbocycles. The minimum Gasteiger partial charge on any atom is -0.470 e. The molecule has 0 bridgehead atoms. The average molecular weight is 555 g/mol. The Morgan fingerprint density at radius 3 is 2.43 bits per heavy atom. The molecule has 4 aromatic rings. The molecule has 0 fully saturated rings. The smallest absolute Gasteiger partial charge is 0.186 e. The van der Waals surface area contributed by atoms with Gasteiger partial charge in [0.25, 0.3) is 0 Å². The van der Waals surface area contributed by atoms with Crippen LogP contribution in [0.2, 0.25) is 10.3 Å². The highest BCUT2D eigenvalue weighted by Gasteiger charge is 2.45. The molecular weight excluding hydrogens is 531 g/mol. The van der Waals surface area contributed by atoms with Crippen LogP contribution in [0.4, 0.5) is 0 Å². The molecule has 3 atom stereocenters. The van der Waals surface area contributed by atoms with Crippen molar-refractivity contribution in [1.29, 1.82) is 0 Å². The Morgan fingerprint density at radius 2 is 1.76 bits per heavy atom. The number of hydrogen-bond donors (Lipinski definition) is 1. The fourth-order valence-corrected chi connectivity index (χ4v) is 5.79. The number of halogens is 2. The number of ether oxygens (including phenoxy) is 1. The van der Waals surface area contributed by atoms with Crippen molar-refractivity contribution in [2.45, 2.75) is 44.2 Å². The van der Waals surface area contributed by atoms with Crippen LogP contribution in [0, 0.1) is 13.8 Å². The number of aryl methyl sites for hydroxylation is 2. The van der Waals surface area contributed by atoms with Gasteiger partial charge >= 0.3 is 0 Å². The summed E-state index contributed by atoms with van der Waals surface area (Å²) in [6, 6.07) is 16.7. The third kappa shape index (κ3) is 4.82. The molecule has 0 aliphatic carbocycles. The average Bonchev–Trinajstić information content (AvgIpc) is 3.35. The van der Waals surface area contributed by atoms with E-state index in [-0.39, 0.29) is 0 Å². The van der Waals surface area contributed by atoms with E-state index < -0.39 is 22.7 Å². The second-order valence-corrected chi connectivity index (χ2v) is 10.9. The zero-order valence-electron chi connectivity index (χ0n) is 20.6. The van der Waals surface area contributed by atoms with E-state index in [0.717, 1.165) is 39.5 Å². The summed E-state index contributed by atoms with van der Waals surface area (Å²) >= 11 is 10.5. The molecule has 0 amide bonds. The maximum atomic E-state index is 11.7. The summed E-state index contributed by atoms with van der Waals surface area (Å²) in [5.74, 6) is 1.27. The standard InChI is InChI=1S/C27H24Cl2N4O3S/c1-15-10-20(13-24(28)30-15)26-27(4,32-17(3)36-26)22-12-19(18-6-5-7-21(11-18)37(34)35)8-9-23(22)33-14-25(29)31-16(33)2/h5-14,26H,1-4H3,(H,34,35). The maximum Gasteiger partial charge on any atom is 0.186 e. The molecule has 5 rings (SSSR count). The van der Waals surface area contributed by atoms with Gasteiger partial charge in [-0.2, -0.15) is 0 Å². The van der Waals surface area contributed by atoms with Gasteiger partial charge in [0.1, 0.15) is 21.7 Å². The highest BCUT2D eigenvalue weighted by Crippen LogP contribution is 2.48. The molecule has 10 heteroatoms. The minimum atomic E-state index is -2.09. The number of rotatable bonds is 5. The van der Waals surface area contributed by atoms with Crippen LogP contribution in [0.25, 0.3) is 16.8 Å². The van der Waals surface area contributed by atoms with Crippen molar-refractivity contribution in [3.63, 3.8) is 0 Å². The highest BCUT2D eigenvalue weighted by molar-refractivity contribution is 7.79. The molecule has 0 radical (unpaired) electrons. The van der Waals surface area contributed by atoms with Gasteiger partial charge in [0.15, 0.2) is 23.1 Å². The Labute approximate surface area is 227 Å². The number of aliphatic imine (C=N–C) groups is 1. The van der Waals surface area contributed by atoms with Crippen molar-refractivity contribution in [3.8, 4) is 16.8 Å². The first-order valence-corrected chi connectivity index (χ1v) is 13.4. The van der Waals surface area contributed by atoms with Crippen LogP contribution in [-0.2, 0) is 21.4 Å². The predicted molar refractivity (Wildman–Crippen MR) is 146 cm³/mol. The zero-order valence-corrected chi connectivity index (χ0v) is 22.9. The van der Waals surface area contributed by atoms with Crippen molar-refractivity contribution in [2.75, 3.05) is 0 Å². The third-order valence-electron chi connectivity index (χ3n) is 6.46. The number of nitrogens with zero attached hydrogens (tertiary/aromatic N) is 4. The highest BCUT2D eigenvalue weighted by atomic mass is 35.5. The lowest BCUT2D eigenvalue weighted by Gasteiger charge is -2.31. The van der Waals surface area contributed by atoms with E-state index in [1.54, 1.807) is 30.5 Å². The van der Waals surface area contributed by atoms with Crippen LogP contribution in [0.15, 0.2) is 70.7 Å². The van der Waals surface area contributed by atoms with Gasteiger partial charge in [0, 0.05) is 29.9 Å². The lowest BCUT2D eigenvalue weighted by molar-refractivity contribution is 0.146. The van der Waals surface area contributed by atoms with Crippen molar-refractivity contribution >= 4 is 40.2 Å². The Bertz CT molecular complexity index is 1570. The Hall–Kier alpha value is -3.04. The van der Waals surface area contributed by atoms with Crippen molar-refractivity contribution in [1.82, 2.24) is 14.5 Å². The number of aromatic nitrogens is 3. The summed E-state index contributed by atoms with van der Waals surface area (Å²) in [6.07, 6.45) is 1.29. The van der Waals surface area contributed by atoms with E-state index >= 15 is 0 Å². The SMILES string of the molecule is CC1=NC(C)(c2cc(-c3cccc(S(=O)O)c3)ccc2-n2cc(Cl)nc2C)C(c2cc(C)nc(Cl)c2)O1. The number of imidazole rings is 1. The van der Waals surface area contributed by atoms with Gasteiger partial charge in [-0.15, -0.1) is 0 Å². The molecule has 1 aliphatic heterocycles. The normalized spacial score (nSPS) is 20.0. The van der Waals surface area contributed by atoms with Crippen LogP contribution in [0.1, 0.15) is 42.6 Å².